The summed E-state index contributed by atoms with van der Waals surface area (Å²) in [6, 6.07) is 0.203. The predicted octanol–water partition coefficient (Wildman–Crippen LogP) is 3.36. The van der Waals surface area contributed by atoms with Crippen molar-refractivity contribution in [2.45, 2.75) is 71.9 Å². The summed E-state index contributed by atoms with van der Waals surface area (Å²) in [5, 5.41) is 0. The molecule has 114 valence electrons. The number of rotatable bonds is 7. The lowest BCUT2D eigenvalue weighted by Crippen LogP contribution is -2.45. The third-order valence-electron chi connectivity index (χ3n) is 4.27. The van der Waals surface area contributed by atoms with Crippen molar-refractivity contribution in [1.29, 1.82) is 0 Å². The van der Waals surface area contributed by atoms with Crippen LogP contribution in [0.5, 0.6) is 0 Å². The van der Waals surface area contributed by atoms with Gasteiger partial charge in [-0.1, -0.05) is 34.1 Å². The van der Waals surface area contributed by atoms with E-state index in [0.29, 0.717) is 18.6 Å². The molecule has 1 aliphatic carbocycles. The molecular weight excluding hydrogens is 238 g/mol. The van der Waals surface area contributed by atoms with Gasteiger partial charge in [0.25, 0.3) is 0 Å². The van der Waals surface area contributed by atoms with Crippen LogP contribution in [0.4, 0.5) is 0 Å². The largest absolute Gasteiger partial charge is 0.379 e. The van der Waals surface area contributed by atoms with Crippen LogP contribution < -0.4 is 5.73 Å². The van der Waals surface area contributed by atoms with Crippen LogP contribution in [0.1, 0.15) is 59.8 Å². The summed E-state index contributed by atoms with van der Waals surface area (Å²) < 4.78 is 11.5. The zero-order valence-electron chi connectivity index (χ0n) is 13.3. The summed E-state index contributed by atoms with van der Waals surface area (Å²) in [5.74, 6) is 0.721. The molecule has 3 heteroatoms. The van der Waals surface area contributed by atoms with Crippen LogP contribution in [-0.4, -0.2) is 32.0 Å². The third-order valence-corrected chi connectivity index (χ3v) is 4.27. The van der Waals surface area contributed by atoms with Gasteiger partial charge in [0, 0.05) is 12.6 Å². The third kappa shape index (κ3) is 6.24. The van der Waals surface area contributed by atoms with Crippen molar-refractivity contribution in [3.63, 3.8) is 0 Å². The fourth-order valence-corrected chi connectivity index (χ4v) is 2.74. The Morgan fingerprint density at radius 3 is 2.47 bits per heavy atom. The van der Waals surface area contributed by atoms with Gasteiger partial charge in [-0.25, -0.2) is 0 Å². The van der Waals surface area contributed by atoms with Gasteiger partial charge in [-0.3, -0.25) is 0 Å². The van der Waals surface area contributed by atoms with Crippen LogP contribution in [0, 0.1) is 11.3 Å². The molecule has 3 nitrogen and oxygen atoms in total. The summed E-state index contributed by atoms with van der Waals surface area (Å²) in [7, 11) is 0. The highest BCUT2D eigenvalue weighted by atomic mass is 16.5. The molecule has 0 aromatic rings. The molecule has 1 aliphatic rings. The lowest BCUT2D eigenvalue weighted by atomic mass is 9.70. The van der Waals surface area contributed by atoms with E-state index in [4.69, 9.17) is 15.2 Å². The normalized spacial score (nSPS) is 28.6. The maximum Gasteiger partial charge on any atom is 0.0729 e. The van der Waals surface area contributed by atoms with E-state index < -0.39 is 0 Å². The standard InChI is InChI=1S/C16H33NO2/c1-5-6-9-18-10-11-19-15-12-13(16(2,3)4)7-8-14(15)17/h13-15H,5-12,17H2,1-4H3. The fraction of sp³-hybridized carbons (Fsp3) is 1.00. The van der Waals surface area contributed by atoms with Gasteiger partial charge in [0.05, 0.1) is 19.3 Å². The molecule has 3 atom stereocenters. The Morgan fingerprint density at radius 1 is 1.11 bits per heavy atom. The lowest BCUT2D eigenvalue weighted by Gasteiger charge is -2.40. The van der Waals surface area contributed by atoms with Crippen molar-refractivity contribution in [3.8, 4) is 0 Å². The molecule has 1 rings (SSSR count). The number of hydrogen-bond donors (Lipinski definition) is 1. The Labute approximate surface area is 119 Å². The second-order valence-corrected chi connectivity index (χ2v) is 6.92. The first-order valence-corrected chi connectivity index (χ1v) is 7.90. The number of ether oxygens (including phenoxy) is 2. The van der Waals surface area contributed by atoms with Gasteiger partial charge in [-0.05, 0) is 37.0 Å². The first-order valence-electron chi connectivity index (χ1n) is 7.90. The summed E-state index contributed by atoms with van der Waals surface area (Å²) in [5.41, 5.74) is 6.54. The highest BCUT2D eigenvalue weighted by molar-refractivity contribution is 4.88. The molecule has 1 fully saturated rings. The second kappa shape index (κ2) is 8.23. The molecule has 0 aliphatic heterocycles. The molecule has 1 saturated carbocycles. The average molecular weight is 271 g/mol. The first kappa shape index (κ1) is 16.9. The fourth-order valence-electron chi connectivity index (χ4n) is 2.74. The van der Waals surface area contributed by atoms with Crippen molar-refractivity contribution in [3.05, 3.63) is 0 Å². The Balaban J connectivity index is 2.23. The van der Waals surface area contributed by atoms with Gasteiger partial charge in [-0.15, -0.1) is 0 Å². The molecular formula is C16H33NO2. The Hall–Kier alpha value is -0.120. The molecule has 0 aromatic heterocycles. The Kier molecular flexibility index (Phi) is 7.33. The highest BCUT2D eigenvalue weighted by Crippen LogP contribution is 2.38. The minimum Gasteiger partial charge on any atom is -0.379 e. The SMILES string of the molecule is CCCCOCCOC1CC(C(C)(C)C)CCC1N. The smallest absolute Gasteiger partial charge is 0.0729 e. The molecule has 0 spiro atoms. The lowest BCUT2D eigenvalue weighted by molar-refractivity contribution is -0.0416. The monoisotopic (exact) mass is 271 g/mol. The van der Waals surface area contributed by atoms with Gasteiger partial charge in [-0.2, -0.15) is 0 Å². The highest BCUT2D eigenvalue weighted by Gasteiger charge is 2.34. The second-order valence-electron chi connectivity index (χ2n) is 6.92. The summed E-state index contributed by atoms with van der Waals surface area (Å²) in [4.78, 5) is 0. The number of nitrogens with two attached hydrogens (primary N) is 1. The molecule has 0 amide bonds. The molecule has 19 heavy (non-hydrogen) atoms. The molecule has 0 aromatic carbocycles. The molecule has 0 saturated heterocycles. The quantitative estimate of drug-likeness (QED) is 0.722. The van der Waals surface area contributed by atoms with Crippen molar-refractivity contribution in [1.82, 2.24) is 0 Å². The minimum atomic E-state index is 0.203. The van der Waals surface area contributed by atoms with Gasteiger partial charge in [0.2, 0.25) is 0 Å². The molecule has 0 radical (unpaired) electrons. The summed E-state index contributed by atoms with van der Waals surface area (Å²) in [6.45, 7) is 11.4. The van der Waals surface area contributed by atoms with E-state index >= 15 is 0 Å². The molecule has 2 N–H and O–H groups in total. The zero-order valence-corrected chi connectivity index (χ0v) is 13.3. The van der Waals surface area contributed by atoms with Crippen LogP contribution in [0.2, 0.25) is 0 Å². The van der Waals surface area contributed by atoms with Gasteiger partial charge < -0.3 is 15.2 Å². The maximum absolute atomic E-state index is 6.18. The topological polar surface area (TPSA) is 44.5 Å². The van der Waals surface area contributed by atoms with E-state index in [1.165, 1.54) is 12.8 Å². The van der Waals surface area contributed by atoms with E-state index in [1.807, 2.05) is 0 Å². The van der Waals surface area contributed by atoms with Crippen LogP contribution >= 0.6 is 0 Å². The maximum atomic E-state index is 6.18. The van der Waals surface area contributed by atoms with Crippen LogP contribution in [0.15, 0.2) is 0 Å². The molecule has 0 heterocycles. The number of unbranched alkanes of at least 4 members (excludes halogenated alkanes) is 1. The van der Waals surface area contributed by atoms with Gasteiger partial charge >= 0.3 is 0 Å². The van der Waals surface area contributed by atoms with Crippen LogP contribution in [0.3, 0.4) is 0 Å². The van der Waals surface area contributed by atoms with Crippen molar-refractivity contribution in [2.75, 3.05) is 19.8 Å². The van der Waals surface area contributed by atoms with Crippen molar-refractivity contribution < 1.29 is 9.47 Å². The van der Waals surface area contributed by atoms with Crippen molar-refractivity contribution in [2.24, 2.45) is 17.1 Å². The van der Waals surface area contributed by atoms with Crippen molar-refractivity contribution >= 4 is 0 Å². The first-order chi connectivity index (χ1) is 8.95. The Bertz CT molecular complexity index is 237. The molecule has 3 unspecified atom stereocenters. The average Bonchev–Trinajstić information content (AvgIpc) is 2.34. The van der Waals surface area contributed by atoms with E-state index in [0.717, 1.165) is 31.8 Å². The number of hydrogen-bond acceptors (Lipinski definition) is 3. The van der Waals surface area contributed by atoms with Crippen LogP contribution in [-0.2, 0) is 9.47 Å². The Morgan fingerprint density at radius 2 is 1.84 bits per heavy atom. The molecule has 0 bridgehead atoms. The predicted molar refractivity (Wildman–Crippen MR) is 80.2 cm³/mol. The van der Waals surface area contributed by atoms with Gasteiger partial charge in [0.1, 0.15) is 0 Å². The van der Waals surface area contributed by atoms with E-state index in [1.54, 1.807) is 0 Å². The minimum absolute atomic E-state index is 0.203. The summed E-state index contributed by atoms with van der Waals surface area (Å²) in [6.07, 6.45) is 5.95. The van der Waals surface area contributed by atoms with E-state index in [2.05, 4.69) is 27.7 Å². The van der Waals surface area contributed by atoms with Crippen LogP contribution in [0.25, 0.3) is 0 Å². The zero-order chi connectivity index (χ0) is 14.3. The van der Waals surface area contributed by atoms with E-state index in [9.17, 15) is 0 Å². The summed E-state index contributed by atoms with van der Waals surface area (Å²) >= 11 is 0. The van der Waals surface area contributed by atoms with E-state index in [-0.39, 0.29) is 12.1 Å². The van der Waals surface area contributed by atoms with Gasteiger partial charge in [0.15, 0.2) is 0 Å².